The second-order valence-corrected chi connectivity index (χ2v) is 21.2. The number of alkyl halides is 3. The van der Waals surface area contributed by atoms with Gasteiger partial charge in [0.25, 0.3) is 0 Å². The molecule has 1 aliphatic carbocycles. The van der Waals surface area contributed by atoms with Crippen LogP contribution in [-0.2, 0) is 10.1 Å². The Morgan fingerprint density at radius 1 is 1.03 bits per heavy atom. The molecule has 1 aromatic rings. The molecule has 5 nitrogen and oxygen atoms in total. The van der Waals surface area contributed by atoms with E-state index in [0.717, 1.165) is 18.4 Å². The second-order valence-electron chi connectivity index (χ2n) is 10.8. The highest BCUT2D eigenvalue weighted by Crippen LogP contribution is 2.49. The van der Waals surface area contributed by atoms with Gasteiger partial charge >= 0.3 is 15.6 Å². The van der Waals surface area contributed by atoms with Crippen LogP contribution in [0.25, 0.3) is 0 Å². The molecule has 192 valence electrons. The minimum absolute atomic E-state index is 0.0716. The highest BCUT2D eigenvalue weighted by Gasteiger charge is 2.49. The van der Waals surface area contributed by atoms with Gasteiger partial charge in [0.15, 0.2) is 0 Å². The number of hydrogen-bond acceptors (Lipinski definition) is 5. The van der Waals surface area contributed by atoms with Crippen LogP contribution in [0.5, 0.6) is 17.2 Å². The summed E-state index contributed by atoms with van der Waals surface area (Å²) in [6.45, 7) is 19.8. The van der Waals surface area contributed by atoms with Crippen LogP contribution in [0.2, 0.25) is 39.3 Å². The largest absolute Gasteiger partial charge is 0.544 e. The molecule has 0 aromatic heterocycles. The summed E-state index contributed by atoms with van der Waals surface area (Å²) >= 11 is 0. The normalized spacial score (nSPS) is 19.9. The van der Waals surface area contributed by atoms with Gasteiger partial charge in [-0.05, 0) is 71.9 Å². The summed E-state index contributed by atoms with van der Waals surface area (Å²) in [6, 6.07) is 2.47. The zero-order chi connectivity index (χ0) is 26.3. The molecule has 11 heteroatoms. The molecular formula is C23H35F3O5SSi2. The average Bonchev–Trinajstić information content (AvgIpc) is 2.56. The highest BCUT2D eigenvalue weighted by molar-refractivity contribution is 7.88. The van der Waals surface area contributed by atoms with Crippen molar-refractivity contribution in [2.75, 3.05) is 0 Å². The van der Waals surface area contributed by atoms with Gasteiger partial charge in [0.05, 0.1) is 0 Å². The first-order valence-electron chi connectivity index (χ1n) is 11.1. The van der Waals surface area contributed by atoms with E-state index in [2.05, 4.69) is 16.8 Å². The molecule has 0 radical (unpaired) electrons. The first-order chi connectivity index (χ1) is 15.2. The number of allylic oxidation sites excluding steroid dienone is 3. The first kappa shape index (κ1) is 28.5. The van der Waals surface area contributed by atoms with Crippen molar-refractivity contribution in [1.82, 2.24) is 0 Å². The van der Waals surface area contributed by atoms with Gasteiger partial charge in [-0.2, -0.15) is 21.6 Å². The fraction of sp³-hybridized carbons (Fsp3) is 0.565. The average molecular weight is 537 g/mol. The minimum atomic E-state index is -5.86. The van der Waals surface area contributed by atoms with Gasteiger partial charge in [-0.1, -0.05) is 23.8 Å². The monoisotopic (exact) mass is 536 g/mol. The van der Waals surface area contributed by atoms with E-state index in [0.29, 0.717) is 5.56 Å². The van der Waals surface area contributed by atoms with Gasteiger partial charge in [0.1, 0.15) is 17.2 Å². The van der Waals surface area contributed by atoms with Crippen LogP contribution >= 0.6 is 0 Å². The Bertz CT molecular complexity index is 1030. The van der Waals surface area contributed by atoms with Crippen molar-refractivity contribution < 1.29 is 34.6 Å². The lowest BCUT2D eigenvalue weighted by molar-refractivity contribution is -0.0500. The summed E-state index contributed by atoms with van der Waals surface area (Å²) in [7, 11) is -10.4. The molecule has 0 bridgehead atoms. The third kappa shape index (κ3) is 7.38. The van der Waals surface area contributed by atoms with Crippen molar-refractivity contribution in [3.63, 3.8) is 0 Å². The maximum atomic E-state index is 13.0. The molecule has 2 atom stereocenters. The Hall–Kier alpha value is -1.73. The lowest BCUT2D eigenvalue weighted by Gasteiger charge is -2.35. The van der Waals surface area contributed by atoms with Gasteiger partial charge < -0.3 is 13.0 Å². The molecule has 0 spiro atoms. The molecule has 1 aromatic carbocycles. The molecule has 0 amide bonds. The summed E-state index contributed by atoms with van der Waals surface area (Å²) in [4.78, 5) is 0. The molecule has 34 heavy (non-hydrogen) atoms. The second kappa shape index (κ2) is 9.73. The number of rotatable bonds is 8. The molecule has 0 unspecified atom stereocenters. The topological polar surface area (TPSA) is 61.8 Å². The molecular weight excluding hydrogens is 501 g/mol. The lowest BCUT2D eigenvalue weighted by atomic mass is 9.74. The van der Waals surface area contributed by atoms with Crippen LogP contribution in [0.4, 0.5) is 13.2 Å². The van der Waals surface area contributed by atoms with E-state index >= 15 is 0 Å². The fourth-order valence-corrected chi connectivity index (χ4v) is 5.96. The standard InChI is InChI=1S/C23H35F3O5SSi2/c1-15(2)18-11-10-16(3)12-19(18)22-20(30-33(4,5)6)13-17(14-21(22)31-34(7,8)9)29-32(27,28)23(24,25)26/h12-14,18-19H,1,10-11H2,2-9H3/t18-,19+/m1/s1. The molecule has 0 saturated heterocycles. The fourth-order valence-electron chi connectivity index (χ4n) is 3.86. The first-order valence-corrected chi connectivity index (χ1v) is 19.3. The van der Waals surface area contributed by atoms with E-state index in [4.69, 9.17) is 8.85 Å². The Balaban J connectivity index is 2.85. The van der Waals surface area contributed by atoms with E-state index in [-0.39, 0.29) is 23.3 Å². The van der Waals surface area contributed by atoms with Crippen LogP contribution in [0.15, 0.2) is 35.9 Å². The Morgan fingerprint density at radius 3 is 1.88 bits per heavy atom. The minimum Gasteiger partial charge on any atom is -0.544 e. The zero-order valence-corrected chi connectivity index (χ0v) is 23.9. The predicted molar refractivity (Wildman–Crippen MR) is 134 cm³/mol. The van der Waals surface area contributed by atoms with E-state index in [1.54, 1.807) is 0 Å². The number of benzene rings is 1. The van der Waals surface area contributed by atoms with Gasteiger partial charge in [0, 0.05) is 23.6 Å². The Morgan fingerprint density at radius 2 is 1.50 bits per heavy atom. The highest BCUT2D eigenvalue weighted by atomic mass is 32.2. The SMILES string of the molecule is C=C(C)[C@H]1CCC(C)=C[C@@H]1c1c(O[Si](C)(C)C)cc(OS(=O)(=O)C(F)(F)F)cc1O[Si](C)(C)C. The zero-order valence-electron chi connectivity index (χ0n) is 21.1. The van der Waals surface area contributed by atoms with Crippen molar-refractivity contribution in [2.45, 2.75) is 77.4 Å². The predicted octanol–water partition coefficient (Wildman–Crippen LogP) is 7.36. The van der Waals surface area contributed by atoms with Crippen molar-refractivity contribution in [2.24, 2.45) is 5.92 Å². The molecule has 0 fully saturated rings. The summed E-state index contributed by atoms with van der Waals surface area (Å²) < 4.78 is 79.7. The van der Waals surface area contributed by atoms with Gasteiger partial charge in [0.2, 0.25) is 16.6 Å². The van der Waals surface area contributed by atoms with Crippen LogP contribution in [0.1, 0.15) is 38.2 Å². The summed E-state index contributed by atoms with van der Waals surface area (Å²) in [5, 5.41) is 0. The Kier molecular flexibility index (Phi) is 8.16. The lowest BCUT2D eigenvalue weighted by Crippen LogP contribution is -2.33. The molecule has 0 saturated carbocycles. The van der Waals surface area contributed by atoms with E-state index in [9.17, 15) is 21.6 Å². The molecule has 1 aliphatic rings. The van der Waals surface area contributed by atoms with Crippen LogP contribution in [0.3, 0.4) is 0 Å². The van der Waals surface area contributed by atoms with Gasteiger partial charge in [-0.15, -0.1) is 0 Å². The van der Waals surface area contributed by atoms with Crippen molar-refractivity contribution >= 4 is 26.8 Å². The maximum absolute atomic E-state index is 13.0. The molecule has 0 N–H and O–H groups in total. The number of halogens is 3. The third-order valence-corrected chi connectivity index (χ3v) is 7.76. The van der Waals surface area contributed by atoms with Crippen LogP contribution in [0, 0.1) is 5.92 Å². The van der Waals surface area contributed by atoms with Crippen molar-refractivity contribution in [3.8, 4) is 17.2 Å². The smallest absolute Gasteiger partial charge is 0.534 e. The third-order valence-electron chi connectivity index (χ3n) is 5.11. The van der Waals surface area contributed by atoms with Gasteiger partial charge in [-0.25, -0.2) is 0 Å². The maximum Gasteiger partial charge on any atom is 0.534 e. The molecule has 0 heterocycles. The summed E-state index contributed by atoms with van der Waals surface area (Å²) in [5.41, 5.74) is -2.71. The molecule has 0 aliphatic heterocycles. The van der Waals surface area contributed by atoms with Crippen LogP contribution in [-0.4, -0.2) is 30.6 Å². The van der Waals surface area contributed by atoms with E-state index in [1.165, 1.54) is 17.7 Å². The Labute approximate surface area is 203 Å². The van der Waals surface area contributed by atoms with Crippen LogP contribution < -0.4 is 13.0 Å². The quantitative estimate of drug-likeness (QED) is 0.150. The summed E-state index contributed by atoms with van der Waals surface area (Å²) in [6.07, 6.45) is 3.90. The van der Waals surface area contributed by atoms with E-state index < -0.39 is 38.0 Å². The van der Waals surface area contributed by atoms with Gasteiger partial charge in [-0.3, -0.25) is 0 Å². The molecule has 2 rings (SSSR count). The van der Waals surface area contributed by atoms with E-state index in [1.807, 2.05) is 53.1 Å². The van der Waals surface area contributed by atoms with Crippen molar-refractivity contribution in [3.05, 3.63) is 41.5 Å². The number of hydrogen-bond donors (Lipinski definition) is 0. The summed E-state index contributed by atoms with van der Waals surface area (Å²) in [5.74, 6) is -0.0421. The van der Waals surface area contributed by atoms with Crippen molar-refractivity contribution in [1.29, 1.82) is 0 Å².